The molecule has 0 bridgehead atoms. The van der Waals surface area contributed by atoms with E-state index in [2.05, 4.69) is 18.6 Å². The second-order valence-corrected chi connectivity index (χ2v) is 11.0. The number of benzene rings is 3. The highest BCUT2D eigenvalue weighted by Gasteiger charge is 2.42. The van der Waals surface area contributed by atoms with E-state index in [0.717, 1.165) is 32.1 Å². The summed E-state index contributed by atoms with van der Waals surface area (Å²) in [5.74, 6) is -7.15. The van der Waals surface area contributed by atoms with Gasteiger partial charge in [-0.15, -0.1) is 0 Å². The Kier molecular flexibility index (Phi) is 10.3. The molecule has 3 aromatic rings. The summed E-state index contributed by atoms with van der Waals surface area (Å²) in [4.78, 5) is 0. The van der Waals surface area contributed by atoms with Gasteiger partial charge in [0, 0.05) is 17.7 Å². The standard InChI is InChI=1S/C33H32F7NO2/c1-3-6-19(7-4-2)8-5-9-20-10-22-13-26(34)24(16-31(22)42-18-20)21-11-29(37)32(30(38)12-21)33(39,40)43-23-14-27(35)25(17-41)28(36)15-23/h11-16,19-20H,3-10,18H2,1-2H3. The molecule has 0 saturated heterocycles. The predicted octanol–water partition coefficient (Wildman–Crippen LogP) is 9.99. The first-order valence-corrected chi connectivity index (χ1v) is 14.4. The van der Waals surface area contributed by atoms with Gasteiger partial charge in [0.05, 0.1) is 6.61 Å². The maximum atomic E-state index is 15.2. The second-order valence-electron chi connectivity index (χ2n) is 11.0. The molecule has 1 aliphatic rings. The van der Waals surface area contributed by atoms with Gasteiger partial charge >= 0.3 is 6.11 Å². The van der Waals surface area contributed by atoms with E-state index in [1.807, 2.05) is 0 Å². The molecule has 0 saturated carbocycles. The van der Waals surface area contributed by atoms with E-state index >= 15 is 4.39 Å². The molecule has 230 valence electrons. The van der Waals surface area contributed by atoms with Gasteiger partial charge in [-0.05, 0) is 60.1 Å². The number of hydrogen-bond donors (Lipinski definition) is 0. The molecule has 10 heteroatoms. The molecule has 0 aliphatic carbocycles. The average molecular weight is 608 g/mol. The normalized spacial score (nSPS) is 14.8. The van der Waals surface area contributed by atoms with Crippen LogP contribution in [0.15, 0.2) is 36.4 Å². The summed E-state index contributed by atoms with van der Waals surface area (Å²) in [6, 6.07) is 5.39. The topological polar surface area (TPSA) is 42.2 Å². The monoisotopic (exact) mass is 607 g/mol. The van der Waals surface area contributed by atoms with E-state index in [9.17, 15) is 26.3 Å². The Morgan fingerprint density at radius 2 is 1.51 bits per heavy atom. The molecule has 0 radical (unpaired) electrons. The quantitative estimate of drug-likeness (QED) is 0.193. The van der Waals surface area contributed by atoms with Gasteiger partial charge in [-0.2, -0.15) is 14.0 Å². The van der Waals surface area contributed by atoms with Gasteiger partial charge in [0.15, 0.2) is 0 Å². The number of rotatable bonds is 12. The van der Waals surface area contributed by atoms with E-state index in [1.165, 1.54) is 31.0 Å². The summed E-state index contributed by atoms with van der Waals surface area (Å²) in [7, 11) is 0. The molecule has 1 atom stereocenters. The van der Waals surface area contributed by atoms with Crippen LogP contribution in [0, 0.1) is 52.3 Å². The number of ether oxygens (including phenoxy) is 2. The molecule has 43 heavy (non-hydrogen) atoms. The summed E-state index contributed by atoms with van der Waals surface area (Å²) < 4.78 is 112. The molecular weight excluding hydrogens is 575 g/mol. The van der Waals surface area contributed by atoms with E-state index in [0.29, 0.717) is 54.5 Å². The first-order valence-electron chi connectivity index (χ1n) is 14.4. The molecule has 0 fully saturated rings. The zero-order valence-corrected chi connectivity index (χ0v) is 23.9. The van der Waals surface area contributed by atoms with Gasteiger partial charge in [-0.1, -0.05) is 52.4 Å². The van der Waals surface area contributed by atoms with Gasteiger partial charge in [-0.25, -0.2) is 22.0 Å². The van der Waals surface area contributed by atoms with Crippen molar-refractivity contribution in [1.29, 1.82) is 5.26 Å². The van der Waals surface area contributed by atoms with Crippen LogP contribution < -0.4 is 9.47 Å². The number of alkyl halides is 2. The molecule has 0 aromatic heterocycles. The SMILES string of the molecule is CCCC(CCC)CCCC1COc2cc(-c3cc(F)c(C(F)(F)Oc4cc(F)c(C#N)c(F)c4)c(F)c3)c(F)cc2C1. The summed E-state index contributed by atoms with van der Waals surface area (Å²) in [6.07, 6.45) is 3.70. The Balaban J connectivity index is 1.50. The highest BCUT2D eigenvalue weighted by atomic mass is 19.3. The smallest absolute Gasteiger partial charge is 0.432 e. The lowest BCUT2D eigenvalue weighted by Crippen LogP contribution is -2.25. The van der Waals surface area contributed by atoms with Crippen LogP contribution in [-0.4, -0.2) is 6.61 Å². The third kappa shape index (κ3) is 7.43. The van der Waals surface area contributed by atoms with Crippen LogP contribution in [0.3, 0.4) is 0 Å². The zero-order chi connectivity index (χ0) is 31.3. The number of nitrogens with zero attached hydrogens (tertiary/aromatic N) is 1. The molecule has 1 aliphatic heterocycles. The van der Waals surface area contributed by atoms with Gasteiger partial charge in [0.1, 0.15) is 57.8 Å². The highest BCUT2D eigenvalue weighted by Crippen LogP contribution is 2.40. The van der Waals surface area contributed by atoms with Crippen LogP contribution in [0.5, 0.6) is 11.5 Å². The Morgan fingerprint density at radius 3 is 2.09 bits per heavy atom. The van der Waals surface area contributed by atoms with Crippen molar-refractivity contribution in [2.24, 2.45) is 11.8 Å². The summed E-state index contributed by atoms with van der Waals surface area (Å²) in [6.45, 7) is 4.78. The van der Waals surface area contributed by atoms with Crippen molar-refractivity contribution in [3.8, 4) is 28.7 Å². The van der Waals surface area contributed by atoms with E-state index in [4.69, 9.17) is 10.00 Å². The fourth-order valence-electron chi connectivity index (χ4n) is 5.74. The fraction of sp³-hybridized carbons (Fsp3) is 0.424. The van der Waals surface area contributed by atoms with Crippen LogP contribution in [0.1, 0.15) is 75.5 Å². The van der Waals surface area contributed by atoms with Crippen LogP contribution in [0.2, 0.25) is 0 Å². The molecule has 0 amide bonds. The molecule has 0 spiro atoms. The number of hydrogen-bond acceptors (Lipinski definition) is 3. The second kappa shape index (κ2) is 13.7. The third-order valence-corrected chi connectivity index (χ3v) is 7.77. The maximum absolute atomic E-state index is 15.2. The Bertz CT molecular complexity index is 1450. The number of fused-ring (bicyclic) bond motifs is 1. The van der Waals surface area contributed by atoms with Crippen molar-refractivity contribution in [2.75, 3.05) is 6.61 Å². The van der Waals surface area contributed by atoms with Gasteiger partial charge in [0.25, 0.3) is 0 Å². The van der Waals surface area contributed by atoms with E-state index < -0.39 is 52.1 Å². The number of halogens is 7. The molecule has 3 nitrogen and oxygen atoms in total. The minimum atomic E-state index is -4.71. The molecule has 0 N–H and O–H groups in total. The van der Waals surface area contributed by atoms with Crippen molar-refractivity contribution >= 4 is 0 Å². The van der Waals surface area contributed by atoms with E-state index in [1.54, 1.807) is 0 Å². The van der Waals surface area contributed by atoms with Crippen LogP contribution in [0.4, 0.5) is 30.7 Å². The molecular formula is C33H32F7NO2. The highest BCUT2D eigenvalue weighted by molar-refractivity contribution is 5.68. The van der Waals surface area contributed by atoms with E-state index in [-0.39, 0.29) is 17.0 Å². The van der Waals surface area contributed by atoms with Gasteiger partial charge in [0.2, 0.25) is 0 Å². The van der Waals surface area contributed by atoms with Crippen molar-refractivity contribution in [3.05, 3.63) is 82.2 Å². The third-order valence-electron chi connectivity index (χ3n) is 7.77. The molecule has 4 rings (SSSR count). The van der Waals surface area contributed by atoms with Crippen molar-refractivity contribution < 1.29 is 40.2 Å². The zero-order valence-electron chi connectivity index (χ0n) is 23.9. The fourth-order valence-corrected chi connectivity index (χ4v) is 5.74. The average Bonchev–Trinajstić information content (AvgIpc) is 2.92. The molecule has 1 unspecified atom stereocenters. The lowest BCUT2D eigenvalue weighted by atomic mass is 9.87. The lowest BCUT2D eigenvalue weighted by molar-refractivity contribution is -0.189. The summed E-state index contributed by atoms with van der Waals surface area (Å²) in [5, 5.41) is 8.72. The predicted molar refractivity (Wildman–Crippen MR) is 147 cm³/mol. The minimum absolute atomic E-state index is 0.205. The van der Waals surface area contributed by atoms with Crippen molar-refractivity contribution in [3.63, 3.8) is 0 Å². The molecule has 1 heterocycles. The van der Waals surface area contributed by atoms with Crippen LogP contribution in [0.25, 0.3) is 11.1 Å². The largest absolute Gasteiger partial charge is 0.493 e. The van der Waals surface area contributed by atoms with Crippen LogP contribution >= 0.6 is 0 Å². The summed E-state index contributed by atoms with van der Waals surface area (Å²) in [5.41, 5.74) is -2.85. The van der Waals surface area contributed by atoms with Crippen LogP contribution in [-0.2, 0) is 12.5 Å². The molecule has 3 aromatic carbocycles. The van der Waals surface area contributed by atoms with Crippen molar-refractivity contribution in [1.82, 2.24) is 0 Å². The lowest BCUT2D eigenvalue weighted by Gasteiger charge is -2.27. The first-order chi connectivity index (χ1) is 20.5. The number of nitriles is 1. The Hall–Kier alpha value is -3.74. The Labute approximate surface area is 246 Å². The minimum Gasteiger partial charge on any atom is -0.493 e. The van der Waals surface area contributed by atoms with Gasteiger partial charge < -0.3 is 9.47 Å². The van der Waals surface area contributed by atoms with Gasteiger partial charge in [-0.3, -0.25) is 0 Å². The van der Waals surface area contributed by atoms with Crippen molar-refractivity contribution in [2.45, 2.75) is 71.3 Å². The first kappa shape index (κ1) is 32.2. The maximum Gasteiger partial charge on any atom is 0.432 e. The summed E-state index contributed by atoms with van der Waals surface area (Å²) >= 11 is 0. The Morgan fingerprint density at radius 1 is 0.884 bits per heavy atom.